The number of amides is 2. The van der Waals surface area contributed by atoms with Crippen LogP contribution in [-0.4, -0.2) is 24.4 Å². The van der Waals surface area contributed by atoms with Crippen molar-refractivity contribution >= 4 is 17.5 Å². The molecule has 0 spiro atoms. The van der Waals surface area contributed by atoms with E-state index in [2.05, 4.69) is 5.32 Å². The minimum Gasteiger partial charge on any atom is -0.345 e. The molecule has 1 atom stereocenters. The first-order valence-corrected chi connectivity index (χ1v) is 6.17. The van der Waals surface area contributed by atoms with Gasteiger partial charge in [-0.25, -0.2) is 4.39 Å². The number of halogens is 4. The molecule has 114 valence electrons. The fourth-order valence-electron chi connectivity index (χ4n) is 2.07. The second-order valence-corrected chi connectivity index (χ2v) is 4.69. The summed E-state index contributed by atoms with van der Waals surface area (Å²) < 4.78 is 51.9. The number of carbonyl (C=O) groups is 2. The van der Waals surface area contributed by atoms with E-state index in [-0.39, 0.29) is 13.0 Å². The summed E-state index contributed by atoms with van der Waals surface area (Å²) in [6.45, 7) is 1.22. The molecule has 8 heteroatoms. The van der Waals surface area contributed by atoms with Gasteiger partial charge in [0, 0.05) is 13.0 Å². The summed E-state index contributed by atoms with van der Waals surface area (Å²) in [5.41, 5.74) is -1.53. The van der Waals surface area contributed by atoms with Crippen LogP contribution in [0.1, 0.15) is 18.9 Å². The second kappa shape index (κ2) is 5.34. The largest absolute Gasteiger partial charge is 0.416 e. The number of nitrogens with zero attached hydrogens (tertiary/aromatic N) is 1. The fourth-order valence-corrected chi connectivity index (χ4v) is 2.07. The molecule has 0 aromatic heterocycles. The van der Waals surface area contributed by atoms with Crippen molar-refractivity contribution < 1.29 is 27.2 Å². The van der Waals surface area contributed by atoms with E-state index in [0.29, 0.717) is 18.2 Å². The summed E-state index contributed by atoms with van der Waals surface area (Å²) in [5, 5.41) is 2.38. The Morgan fingerprint density at radius 1 is 1.29 bits per heavy atom. The monoisotopic (exact) mass is 304 g/mol. The standard InChI is InChI=1S/C13H12F4N2O2/c1-7-12(21)19(5-4-11(20)18-7)10-6-8(13(15,16)17)2-3-9(10)14/h2-3,6-7H,4-5H2,1H3,(H,18,20). The Morgan fingerprint density at radius 3 is 2.57 bits per heavy atom. The van der Waals surface area contributed by atoms with Crippen LogP contribution in [0.5, 0.6) is 0 Å². The molecule has 2 amide bonds. The van der Waals surface area contributed by atoms with Gasteiger partial charge in [0.05, 0.1) is 11.3 Å². The zero-order chi connectivity index (χ0) is 15.8. The van der Waals surface area contributed by atoms with Crippen molar-refractivity contribution in [2.24, 2.45) is 0 Å². The van der Waals surface area contributed by atoms with Gasteiger partial charge in [0.25, 0.3) is 0 Å². The normalized spacial score (nSPS) is 20.2. The highest BCUT2D eigenvalue weighted by Crippen LogP contribution is 2.33. The molecule has 1 aliphatic rings. The second-order valence-electron chi connectivity index (χ2n) is 4.69. The smallest absolute Gasteiger partial charge is 0.345 e. The van der Waals surface area contributed by atoms with E-state index in [1.54, 1.807) is 0 Å². The Balaban J connectivity index is 2.44. The van der Waals surface area contributed by atoms with Crippen LogP contribution < -0.4 is 10.2 Å². The van der Waals surface area contributed by atoms with E-state index in [4.69, 9.17) is 0 Å². The van der Waals surface area contributed by atoms with Gasteiger partial charge in [0.2, 0.25) is 11.8 Å². The average Bonchev–Trinajstić information content (AvgIpc) is 2.50. The molecule has 1 saturated heterocycles. The minimum absolute atomic E-state index is 0.105. The highest BCUT2D eigenvalue weighted by atomic mass is 19.4. The third-order valence-electron chi connectivity index (χ3n) is 3.14. The number of hydrogen-bond donors (Lipinski definition) is 1. The maximum atomic E-state index is 13.8. The van der Waals surface area contributed by atoms with E-state index < -0.39 is 41.1 Å². The van der Waals surface area contributed by atoms with Gasteiger partial charge in [-0.2, -0.15) is 13.2 Å². The minimum atomic E-state index is -4.64. The molecule has 1 heterocycles. The molecule has 0 aliphatic carbocycles. The summed E-state index contributed by atoms with van der Waals surface area (Å²) in [6, 6.07) is 0.925. The van der Waals surface area contributed by atoms with E-state index in [1.165, 1.54) is 6.92 Å². The van der Waals surface area contributed by atoms with Gasteiger partial charge in [0.15, 0.2) is 0 Å². The Kier molecular flexibility index (Phi) is 3.89. The first kappa shape index (κ1) is 15.3. The average molecular weight is 304 g/mol. The molecule has 0 saturated carbocycles. The van der Waals surface area contributed by atoms with Crippen LogP contribution in [0.4, 0.5) is 23.2 Å². The van der Waals surface area contributed by atoms with Crippen LogP contribution in [0.2, 0.25) is 0 Å². The molecule has 1 N–H and O–H groups in total. The number of nitrogens with one attached hydrogen (secondary N) is 1. The van der Waals surface area contributed by atoms with Gasteiger partial charge in [-0.05, 0) is 25.1 Å². The molecule has 1 fully saturated rings. The third kappa shape index (κ3) is 3.14. The lowest BCUT2D eigenvalue weighted by Crippen LogP contribution is -2.43. The number of alkyl halides is 3. The van der Waals surface area contributed by atoms with E-state index in [9.17, 15) is 27.2 Å². The highest BCUT2D eigenvalue weighted by molar-refractivity contribution is 6.01. The lowest BCUT2D eigenvalue weighted by Gasteiger charge is -2.23. The molecule has 1 aliphatic heterocycles. The summed E-state index contributed by atoms with van der Waals surface area (Å²) >= 11 is 0. The van der Waals surface area contributed by atoms with Crippen molar-refractivity contribution in [1.29, 1.82) is 0 Å². The number of anilines is 1. The van der Waals surface area contributed by atoms with Crippen molar-refractivity contribution in [3.8, 4) is 0 Å². The van der Waals surface area contributed by atoms with Crippen LogP contribution in [0, 0.1) is 5.82 Å². The Morgan fingerprint density at radius 2 is 1.95 bits per heavy atom. The summed E-state index contributed by atoms with van der Waals surface area (Å²) in [5.74, 6) is -2.01. The van der Waals surface area contributed by atoms with Gasteiger partial charge < -0.3 is 10.2 Å². The van der Waals surface area contributed by atoms with Gasteiger partial charge in [-0.3, -0.25) is 9.59 Å². The molecule has 1 unspecified atom stereocenters. The third-order valence-corrected chi connectivity index (χ3v) is 3.14. The van der Waals surface area contributed by atoms with Crippen LogP contribution >= 0.6 is 0 Å². The molecule has 2 rings (SSSR count). The maximum absolute atomic E-state index is 13.8. The summed E-state index contributed by atoms with van der Waals surface area (Å²) in [4.78, 5) is 24.3. The number of benzene rings is 1. The highest BCUT2D eigenvalue weighted by Gasteiger charge is 2.34. The number of rotatable bonds is 1. The number of hydrogen-bond acceptors (Lipinski definition) is 2. The predicted octanol–water partition coefficient (Wildman–Crippen LogP) is 2.09. The molecule has 4 nitrogen and oxygen atoms in total. The molecule has 1 aromatic rings. The first-order valence-electron chi connectivity index (χ1n) is 6.17. The van der Waals surface area contributed by atoms with Gasteiger partial charge in [0.1, 0.15) is 11.9 Å². The zero-order valence-electron chi connectivity index (χ0n) is 11.0. The topological polar surface area (TPSA) is 49.4 Å². The van der Waals surface area contributed by atoms with Crippen LogP contribution in [0.25, 0.3) is 0 Å². The van der Waals surface area contributed by atoms with Gasteiger partial charge in [-0.1, -0.05) is 0 Å². The molecule has 21 heavy (non-hydrogen) atoms. The lowest BCUT2D eigenvalue weighted by molar-refractivity contribution is -0.137. The Hall–Kier alpha value is -2.12. The Labute approximate surface area is 117 Å². The van der Waals surface area contributed by atoms with Crippen molar-refractivity contribution in [2.45, 2.75) is 25.6 Å². The van der Waals surface area contributed by atoms with E-state index >= 15 is 0 Å². The van der Waals surface area contributed by atoms with Crippen molar-refractivity contribution in [3.63, 3.8) is 0 Å². The van der Waals surface area contributed by atoms with Gasteiger partial charge >= 0.3 is 6.18 Å². The van der Waals surface area contributed by atoms with Crippen molar-refractivity contribution in [2.75, 3.05) is 11.4 Å². The van der Waals surface area contributed by atoms with Gasteiger partial charge in [-0.15, -0.1) is 0 Å². The number of carbonyl (C=O) groups excluding carboxylic acids is 2. The first-order chi connectivity index (χ1) is 9.70. The lowest BCUT2D eigenvalue weighted by atomic mass is 10.1. The van der Waals surface area contributed by atoms with E-state index in [1.807, 2.05) is 0 Å². The Bertz CT molecular complexity index is 586. The predicted molar refractivity (Wildman–Crippen MR) is 66.0 cm³/mol. The van der Waals surface area contributed by atoms with Crippen LogP contribution in [0.3, 0.4) is 0 Å². The zero-order valence-corrected chi connectivity index (χ0v) is 11.0. The van der Waals surface area contributed by atoms with Crippen LogP contribution in [0.15, 0.2) is 18.2 Å². The molecular formula is C13H12F4N2O2. The van der Waals surface area contributed by atoms with E-state index in [0.717, 1.165) is 4.90 Å². The maximum Gasteiger partial charge on any atom is 0.416 e. The summed E-state index contributed by atoms with van der Waals surface area (Å²) in [7, 11) is 0. The molecular weight excluding hydrogens is 292 g/mol. The molecule has 1 aromatic carbocycles. The van der Waals surface area contributed by atoms with Crippen LogP contribution in [-0.2, 0) is 15.8 Å². The fraction of sp³-hybridized carbons (Fsp3) is 0.385. The quantitative estimate of drug-likeness (QED) is 0.808. The SMILES string of the molecule is CC1NC(=O)CCN(c2cc(C(F)(F)F)ccc2F)C1=O. The van der Waals surface area contributed by atoms with Crippen molar-refractivity contribution in [1.82, 2.24) is 5.32 Å². The summed E-state index contributed by atoms with van der Waals surface area (Å²) in [6.07, 6.45) is -4.75. The molecule has 0 bridgehead atoms. The van der Waals surface area contributed by atoms with Crippen molar-refractivity contribution in [3.05, 3.63) is 29.6 Å². The molecule has 0 radical (unpaired) electrons.